The molecule has 5 heteroatoms. The molecule has 0 aliphatic carbocycles. The molecule has 0 bridgehead atoms. The molecular formula is C12H16ClNO2S. The molecule has 0 atom stereocenters. The van der Waals surface area contributed by atoms with Crippen molar-refractivity contribution in [2.24, 2.45) is 0 Å². The molecule has 0 amide bonds. The van der Waals surface area contributed by atoms with E-state index in [4.69, 9.17) is 11.6 Å². The number of hydrogen-bond donors (Lipinski definition) is 0. The second-order valence-corrected chi connectivity index (χ2v) is 6.45. The lowest BCUT2D eigenvalue weighted by Gasteiger charge is -2.25. The predicted molar refractivity (Wildman–Crippen MR) is 68.6 cm³/mol. The van der Waals surface area contributed by atoms with Crippen molar-refractivity contribution in [1.82, 2.24) is 4.31 Å². The summed E-state index contributed by atoms with van der Waals surface area (Å²) < 4.78 is 26.1. The van der Waals surface area contributed by atoms with Crippen LogP contribution in [0.25, 0.3) is 0 Å². The van der Waals surface area contributed by atoms with Crippen LogP contribution in [0.3, 0.4) is 0 Å². The molecule has 1 saturated heterocycles. The van der Waals surface area contributed by atoms with E-state index >= 15 is 0 Å². The maximum atomic E-state index is 12.3. The van der Waals surface area contributed by atoms with Gasteiger partial charge in [-0.25, -0.2) is 8.42 Å². The third-order valence-corrected chi connectivity index (χ3v) is 5.25. The van der Waals surface area contributed by atoms with Crippen molar-refractivity contribution < 1.29 is 8.42 Å². The first-order chi connectivity index (χ1) is 8.14. The zero-order chi connectivity index (χ0) is 12.3. The minimum atomic E-state index is -3.30. The smallest absolute Gasteiger partial charge is 0.207 e. The van der Waals surface area contributed by atoms with Crippen LogP contribution < -0.4 is 0 Å². The number of nitrogens with zero attached hydrogens (tertiary/aromatic N) is 1. The molecule has 0 unspecified atom stereocenters. The fourth-order valence-corrected chi connectivity index (χ4v) is 3.70. The Morgan fingerprint density at radius 2 is 1.65 bits per heavy atom. The summed E-state index contributed by atoms with van der Waals surface area (Å²) in [4.78, 5) is 0.369. The van der Waals surface area contributed by atoms with Gasteiger partial charge in [-0.2, -0.15) is 4.31 Å². The quantitative estimate of drug-likeness (QED) is 0.794. The van der Waals surface area contributed by atoms with E-state index in [0.717, 1.165) is 24.8 Å². The number of sulfonamides is 1. The van der Waals surface area contributed by atoms with Crippen molar-refractivity contribution in [3.63, 3.8) is 0 Å². The Hall–Kier alpha value is -0.580. The van der Waals surface area contributed by atoms with Gasteiger partial charge in [-0.1, -0.05) is 18.6 Å². The van der Waals surface area contributed by atoms with Gasteiger partial charge in [0, 0.05) is 19.0 Å². The van der Waals surface area contributed by atoms with Gasteiger partial charge >= 0.3 is 0 Å². The molecule has 0 saturated carbocycles. The minimum absolute atomic E-state index is 0.369. The van der Waals surface area contributed by atoms with E-state index in [2.05, 4.69) is 0 Å². The molecular weight excluding hydrogens is 258 g/mol. The van der Waals surface area contributed by atoms with E-state index < -0.39 is 10.0 Å². The summed E-state index contributed by atoms with van der Waals surface area (Å²) in [5.74, 6) is 0.407. The van der Waals surface area contributed by atoms with Crippen LogP contribution in [-0.2, 0) is 15.9 Å². The van der Waals surface area contributed by atoms with E-state index in [0.29, 0.717) is 23.9 Å². The molecule has 0 radical (unpaired) electrons. The Morgan fingerprint density at radius 1 is 1.06 bits per heavy atom. The van der Waals surface area contributed by atoms with Gasteiger partial charge in [0.15, 0.2) is 0 Å². The number of benzene rings is 1. The summed E-state index contributed by atoms with van der Waals surface area (Å²) in [5.41, 5.74) is 0.935. The van der Waals surface area contributed by atoms with Crippen LogP contribution in [-0.4, -0.2) is 25.8 Å². The second kappa shape index (κ2) is 5.38. The summed E-state index contributed by atoms with van der Waals surface area (Å²) in [6, 6.07) is 6.82. The molecule has 1 aromatic rings. The van der Waals surface area contributed by atoms with Crippen LogP contribution in [0.2, 0.25) is 0 Å². The number of rotatable bonds is 3. The summed E-state index contributed by atoms with van der Waals surface area (Å²) in [7, 11) is -3.30. The van der Waals surface area contributed by atoms with E-state index in [1.54, 1.807) is 28.6 Å². The van der Waals surface area contributed by atoms with Crippen molar-refractivity contribution in [2.75, 3.05) is 13.1 Å². The summed E-state index contributed by atoms with van der Waals surface area (Å²) in [6.07, 6.45) is 3.04. The summed E-state index contributed by atoms with van der Waals surface area (Å²) in [6.45, 7) is 1.28. The van der Waals surface area contributed by atoms with Crippen LogP contribution in [0.5, 0.6) is 0 Å². The maximum Gasteiger partial charge on any atom is 0.243 e. The van der Waals surface area contributed by atoms with E-state index in [9.17, 15) is 8.42 Å². The van der Waals surface area contributed by atoms with Crippen molar-refractivity contribution >= 4 is 21.6 Å². The van der Waals surface area contributed by atoms with Gasteiger partial charge < -0.3 is 0 Å². The molecule has 0 spiro atoms. The molecule has 1 aliphatic rings. The fourth-order valence-electron chi connectivity index (χ4n) is 2.00. The molecule has 0 aromatic heterocycles. The highest BCUT2D eigenvalue weighted by Gasteiger charge is 2.25. The largest absolute Gasteiger partial charge is 0.243 e. The van der Waals surface area contributed by atoms with Gasteiger partial charge in [-0.15, -0.1) is 11.6 Å². The molecule has 1 fully saturated rings. The minimum Gasteiger partial charge on any atom is -0.207 e. The highest BCUT2D eigenvalue weighted by Crippen LogP contribution is 2.21. The Morgan fingerprint density at radius 3 is 2.18 bits per heavy atom. The molecule has 1 heterocycles. The lowest BCUT2D eigenvalue weighted by molar-refractivity contribution is 0.346. The van der Waals surface area contributed by atoms with Gasteiger partial charge in [0.05, 0.1) is 4.90 Å². The second-order valence-electron chi connectivity index (χ2n) is 4.24. The maximum absolute atomic E-state index is 12.3. The molecule has 17 heavy (non-hydrogen) atoms. The van der Waals surface area contributed by atoms with Gasteiger partial charge in [0.2, 0.25) is 10.0 Å². The normalized spacial score (nSPS) is 18.2. The topological polar surface area (TPSA) is 37.4 Å². The number of hydrogen-bond acceptors (Lipinski definition) is 2. The van der Waals surface area contributed by atoms with Crippen LogP contribution in [0, 0.1) is 0 Å². The Balaban J connectivity index is 2.23. The van der Waals surface area contributed by atoms with Crippen molar-refractivity contribution in [3.05, 3.63) is 29.8 Å². The van der Waals surface area contributed by atoms with Crippen LogP contribution in [0.15, 0.2) is 29.2 Å². The zero-order valence-electron chi connectivity index (χ0n) is 9.60. The number of alkyl halides is 1. The Bertz CT molecular complexity index is 464. The molecule has 94 valence electrons. The van der Waals surface area contributed by atoms with Gasteiger partial charge in [-0.05, 0) is 30.5 Å². The molecule has 1 aromatic carbocycles. The summed E-state index contributed by atoms with van der Waals surface area (Å²) >= 11 is 5.68. The molecule has 0 N–H and O–H groups in total. The van der Waals surface area contributed by atoms with Crippen molar-refractivity contribution in [3.8, 4) is 0 Å². The van der Waals surface area contributed by atoms with Crippen LogP contribution in [0.4, 0.5) is 0 Å². The lowest BCUT2D eigenvalue weighted by Crippen LogP contribution is -2.35. The third kappa shape index (κ3) is 2.81. The lowest BCUT2D eigenvalue weighted by atomic mass is 10.2. The SMILES string of the molecule is O=S(=O)(c1ccc(CCl)cc1)N1CCCCC1. The monoisotopic (exact) mass is 273 g/mol. The molecule has 3 nitrogen and oxygen atoms in total. The van der Waals surface area contributed by atoms with E-state index in [1.165, 1.54) is 0 Å². The molecule has 2 rings (SSSR count). The van der Waals surface area contributed by atoms with E-state index in [1.807, 2.05) is 0 Å². The van der Waals surface area contributed by atoms with Crippen molar-refractivity contribution in [1.29, 1.82) is 0 Å². The average molecular weight is 274 g/mol. The first kappa shape index (κ1) is 12.9. The first-order valence-electron chi connectivity index (χ1n) is 5.79. The van der Waals surface area contributed by atoms with Gasteiger partial charge in [0.1, 0.15) is 0 Å². The molecule has 1 aliphatic heterocycles. The van der Waals surface area contributed by atoms with Gasteiger partial charge in [0.25, 0.3) is 0 Å². The third-order valence-electron chi connectivity index (χ3n) is 3.03. The number of piperidine rings is 1. The summed E-state index contributed by atoms with van der Waals surface area (Å²) in [5, 5.41) is 0. The first-order valence-corrected chi connectivity index (χ1v) is 7.77. The fraction of sp³-hybridized carbons (Fsp3) is 0.500. The Labute approximate surface area is 107 Å². The highest BCUT2D eigenvalue weighted by molar-refractivity contribution is 7.89. The Kier molecular flexibility index (Phi) is 4.07. The van der Waals surface area contributed by atoms with Crippen LogP contribution >= 0.6 is 11.6 Å². The van der Waals surface area contributed by atoms with Crippen LogP contribution in [0.1, 0.15) is 24.8 Å². The predicted octanol–water partition coefficient (Wildman–Crippen LogP) is 2.60. The highest BCUT2D eigenvalue weighted by atomic mass is 35.5. The standard InChI is InChI=1S/C12H16ClNO2S/c13-10-11-4-6-12(7-5-11)17(15,16)14-8-2-1-3-9-14/h4-7H,1-3,8-10H2. The van der Waals surface area contributed by atoms with E-state index in [-0.39, 0.29) is 0 Å². The van der Waals surface area contributed by atoms with Gasteiger partial charge in [-0.3, -0.25) is 0 Å². The zero-order valence-corrected chi connectivity index (χ0v) is 11.2. The number of halogens is 1. The average Bonchev–Trinajstić information content (AvgIpc) is 2.40. The van der Waals surface area contributed by atoms with Crippen molar-refractivity contribution in [2.45, 2.75) is 30.0 Å².